The Bertz CT molecular complexity index is 220. The third-order valence-corrected chi connectivity index (χ3v) is 4.18. The maximum Gasteiger partial charge on any atom is 0.0724 e. The van der Waals surface area contributed by atoms with Gasteiger partial charge >= 0.3 is 0 Å². The van der Waals surface area contributed by atoms with E-state index in [1.165, 1.54) is 38.5 Å². The molecule has 3 nitrogen and oxygen atoms in total. The van der Waals surface area contributed by atoms with Crippen molar-refractivity contribution in [3.63, 3.8) is 0 Å². The predicted octanol–water partition coefficient (Wildman–Crippen LogP) is 2.49. The van der Waals surface area contributed by atoms with Crippen molar-refractivity contribution in [2.75, 3.05) is 13.7 Å². The summed E-state index contributed by atoms with van der Waals surface area (Å²) in [4.78, 5) is 0. The van der Waals surface area contributed by atoms with Gasteiger partial charge in [-0.3, -0.25) is 0 Å². The van der Waals surface area contributed by atoms with Crippen molar-refractivity contribution in [3.05, 3.63) is 0 Å². The third kappa shape index (κ3) is 3.67. The Labute approximate surface area is 105 Å². The van der Waals surface area contributed by atoms with Crippen LogP contribution in [0.2, 0.25) is 0 Å². The second-order valence-corrected chi connectivity index (χ2v) is 5.48. The molecule has 0 bridgehead atoms. The molecule has 0 aromatic heterocycles. The third-order valence-electron chi connectivity index (χ3n) is 4.18. The molecule has 0 radical (unpaired) electrons. The largest absolute Gasteiger partial charge is 0.380 e. The first kappa shape index (κ1) is 13.3. The summed E-state index contributed by atoms with van der Waals surface area (Å²) in [7, 11) is 1.84. The lowest BCUT2D eigenvalue weighted by Crippen LogP contribution is -2.47. The van der Waals surface area contributed by atoms with E-state index in [-0.39, 0.29) is 0 Å². The van der Waals surface area contributed by atoms with Crippen LogP contribution in [0.5, 0.6) is 0 Å². The topological polar surface area (TPSA) is 30.5 Å². The molecule has 100 valence electrons. The smallest absolute Gasteiger partial charge is 0.0724 e. The average Bonchev–Trinajstić information content (AvgIpc) is 2.77. The normalized spacial score (nSPS) is 38.5. The van der Waals surface area contributed by atoms with Crippen molar-refractivity contribution in [3.8, 4) is 0 Å². The van der Waals surface area contributed by atoms with Crippen LogP contribution in [-0.4, -0.2) is 38.0 Å². The Morgan fingerprint density at radius 1 is 1.29 bits per heavy atom. The van der Waals surface area contributed by atoms with Gasteiger partial charge in [-0.25, -0.2) is 0 Å². The standard InChI is InChI=1S/C14H27NO2/c1-3-5-12-10-11(8-9-17-12)15-13-6-4-7-14(13)16-2/h11-15H,3-10H2,1-2H3. The highest BCUT2D eigenvalue weighted by atomic mass is 16.5. The zero-order valence-corrected chi connectivity index (χ0v) is 11.3. The van der Waals surface area contributed by atoms with Crippen LogP contribution in [0, 0.1) is 0 Å². The lowest BCUT2D eigenvalue weighted by Gasteiger charge is -2.33. The molecule has 2 fully saturated rings. The molecule has 1 saturated heterocycles. The van der Waals surface area contributed by atoms with Crippen molar-refractivity contribution in [1.29, 1.82) is 0 Å². The van der Waals surface area contributed by atoms with Gasteiger partial charge in [0.1, 0.15) is 0 Å². The molecule has 1 N–H and O–H groups in total. The molecular formula is C14H27NO2. The summed E-state index contributed by atoms with van der Waals surface area (Å²) in [6.45, 7) is 3.16. The fourth-order valence-electron chi connectivity index (χ4n) is 3.26. The summed E-state index contributed by atoms with van der Waals surface area (Å²) in [5.41, 5.74) is 0. The molecule has 1 heterocycles. The first-order valence-electron chi connectivity index (χ1n) is 7.24. The van der Waals surface area contributed by atoms with Gasteiger partial charge in [0.25, 0.3) is 0 Å². The van der Waals surface area contributed by atoms with Gasteiger partial charge in [-0.2, -0.15) is 0 Å². The lowest BCUT2D eigenvalue weighted by atomic mass is 9.99. The molecule has 1 aliphatic heterocycles. The molecule has 4 unspecified atom stereocenters. The first-order valence-corrected chi connectivity index (χ1v) is 7.24. The number of methoxy groups -OCH3 is 1. The highest BCUT2D eigenvalue weighted by molar-refractivity contribution is 4.88. The summed E-state index contributed by atoms with van der Waals surface area (Å²) in [6.07, 6.45) is 9.48. The highest BCUT2D eigenvalue weighted by Crippen LogP contribution is 2.25. The van der Waals surface area contributed by atoms with E-state index in [9.17, 15) is 0 Å². The Balaban J connectivity index is 1.77. The summed E-state index contributed by atoms with van der Waals surface area (Å²) in [5, 5.41) is 3.80. The number of nitrogens with one attached hydrogen (secondary N) is 1. The van der Waals surface area contributed by atoms with E-state index >= 15 is 0 Å². The van der Waals surface area contributed by atoms with Gasteiger partial charge in [0, 0.05) is 25.8 Å². The minimum Gasteiger partial charge on any atom is -0.380 e. The van der Waals surface area contributed by atoms with E-state index < -0.39 is 0 Å². The van der Waals surface area contributed by atoms with Gasteiger partial charge in [-0.05, 0) is 38.5 Å². The predicted molar refractivity (Wildman–Crippen MR) is 69.2 cm³/mol. The van der Waals surface area contributed by atoms with Crippen LogP contribution in [-0.2, 0) is 9.47 Å². The van der Waals surface area contributed by atoms with Gasteiger partial charge < -0.3 is 14.8 Å². The molecule has 0 aromatic carbocycles. The number of hydrogen-bond acceptors (Lipinski definition) is 3. The SMILES string of the molecule is CCCC1CC(NC2CCCC2OC)CCO1. The van der Waals surface area contributed by atoms with Crippen molar-refractivity contribution in [2.24, 2.45) is 0 Å². The van der Waals surface area contributed by atoms with E-state index in [2.05, 4.69) is 12.2 Å². The maximum atomic E-state index is 5.79. The highest BCUT2D eigenvalue weighted by Gasteiger charge is 2.31. The Morgan fingerprint density at radius 2 is 2.18 bits per heavy atom. The molecular weight excluding hydrogens is 214 g/mol. The Hall–Kier alpha value is -0.120. The van der Waals surface area contributed by atoms with Crippen LogP contribution < -0.4 is 5.32 Å². The van der Waals surface area contributed by atoms with E-state index in [1.54, 1.807) is 0 Å². The van der Waals surface area contributed by atoms with Crippen LogP contribution in [0.3, 0.4) is 0 Å². The minimum atomic E-state index is 0.433. The summed E-state index contributed by atoms with van der Waals surface area (Å²) in [5.74, 6) is 0. The molecule has 0 aromatic rings. The molecule has 0 spiro atoms. The quantitative estimate of drug-likeness (QED) is 0.802. The van der Waals surface area contributed by atoms with E-state index in [4.69, 9.17) is 9.47 Å². The zero-order chi connectivity index (χ0) is 12.1. The molecule has 17 heavy (non-hydrogen) atoms. The molecule has 2 rings (SSSR count). The average molecular weight is 241 g/mol. The number of ether oxygens (including phenoxy) is 2. The van der Waals surface area contributed by atoms with Crippen molar-refractivity contribution >= 4 is 0 Å². The van der Waals surface area contributed by atoms with Gasteiger partial charge in [0.2, 0.25) is 0 Å². The van der Waals surface area contributed by atoms with Gasteiger partial charge in [0.05, 0.1) is 12.2 Å². The van der Waals surface area contributed by atoms with E-state index in [1.807, 2.05) is 7.11 Å². The van der Waals surface area contributed by atoms with Crippen molar-refractivity contribution in [2.45, 2.75) is 76.2 Å². The second-order valence-electron chi connectivity index (χ2n) is 5.48. The monoisotopic (exact) mass is 241 g/mol. The van der Waals surface area contributed by atoms with E-state index in [0.717, 1.165) is 13.0 Å². The summed E-state index contributed by atoms with van der Waals surface area (Å²) >= 11 is 0. The van der Waals surface area contributed by atoms with Crippen LogP contribution in [0.1, 0.15) is 51.9 Å². The summed E-state index contributed by atoms with van der Waals surface area (Å²) in [6, 6.07) is 1.21. The van der Waals surface area contributed by atoms with Crippen molar-refractivity contribution in [1.82, 2.24) is 5.32 Å². The minimum absolute atomic E-state index is 0.433. The van der Waals surface area contributed by atoms with Crippen molar-refractivity contribution < 1.29 is 9.47 Å². The molecule has 0 amide bonds. The first-order chi connectivity index (χ1) is 8.33. The molecule has 1 saturated carbocycles. The molecule has 4 atom stereocenters. The number of hydrogen-bond donors (Lipinski definition) is 1. The van der Waals surface area contributed by atoms with Crippen LogP contribution in [0.4, 0.5) is 0 Å². The van der Waals surface area contributed by atoms with Gasteiger partial charge in [-0.15, -0.1) is 0 Å². The summed E-state index contributed by atoms with van der Waals surface area (Å²) < 4.78 is 11.3. The molecule has 3 heteroatoms. The Kier molecular flexibility index (Phi) is 5.26. The van der Waals surface area contributed by atoms with Gasteiger partial charge in [0.15, 0.2) is 0 Å². The maximum absolute atomic E-state index is 5.79. The Morgan fingerprint density at radius 3 is 2.94 bits per heavy atom. The fraction of sp³-hybridized carbons (Fsp3) is 1.00. The van der Waals surface area contributed by atoms with Crippen LogP contribution >= 0.6 is 0 Å². The van der Waals surface area contributed by atoms with Crippen LogP contribution in [0.25, 0.3) is 0 Å². The molecule has 1 aliphatic carbocycles. The van der Waals surface area contributed by atoms with E-state index in [0.29, 0.717) is 24.3 Å². The second kappa shape index (κ2) is 6.72. The van der Waals surface area contributed by atoms with Crippen LogP contribution in [0.15, 0.2) is 0 Å². The number of rotatable bonds is 5. The molecule has 2 aliphatic rings. The zero-order valence-electron chi connectivity index (χ0n) is 11.3. The van der Waals surface area contributed by atoms with Gasteiger partial charge in [-0.1, -0.05) is 13.3 Å². The fourth-order valence-corrected chi connectivity index (χ4v) is 3.26. The lowest BCUT2D eigenvalue weighted by molar-refractivity contribution is -0.00974.